The van der Waals surface area contributed by atoms with E-state index in [1.165, 1.54) is 27.2 Å². The molecule has 1 fully saturated rings. The molecule has 1 saturated heterocycles. The zero-order chi connectivity index (χ0) is 23.4. The molecule has 1 aliphatic rings. The lowest BCUT2D eigenvalue weighted by Crippen LogP contribution is -2.29. The van der Waals surface area contributed by atoms with Crippen LogP contribution in [0.15, 0.2) is 28.2 Å². The molecule has 33 heavy (non-hydrogen) atoms. The summed E-state index contributed by atoms with van der Waals surface area (Å²) in [6, 6.07) is 1.64. The Labute approximate surface area is 191 Å². The first-order chi connectivity index (χ1) is 16.0. The van der Waals surface area contributed by atoms with Crippen LogP contribution in [0.1, 0.15) is 11.7 Å². The first-order valence-corrected chi connectivity index (χ1v) is 10.9. The number of nitrogen functional groups attached to an aromatic ring is 1. The number of nitrogens with one attached hydrogen (secondary N) is 2. The molecule has 4 N–H and O–H groups in total. The van der Waals surface area contributed by atoms with Crippen molar-refractivity contribution >= 4 is 34.7 Å². The Bertz CT molecular complexity index is 1210. The highest BCUT2D eigenvalue weighted by Crippen LogP contribution is 2.34. The Balaban J connectivity index is 1.58. The second kappa shape index (κ2) is 10.3. The molecule has 0 aromatic carbocycles. The fourth-order valence-corrected chi connectivity index (χ4v) is 4.37. The molecule has 3 aromatic heterocycles. The van der Waals surface area contributed by atoms with E-state index >= 15 is 0 Å². The number of rotatable bonds is 10. The van der Waals surface area contributed by atoms with E-state index in [2.05, 4.69) is 25.3 Å². The van der Waals surface area contributed by atoms with Crippen LogP contribution in [0, 0.1) is 0 Å². The van der Waals surface area contributed by atoms with Crippen molar-refractivity contribution in [3.63, 3.8) is 0 Å². The van der Waals surface area contributed by atoms with Gasteiger partial charge in [-0.2, -0.15) is 9.97 Å². The normalized spacial score (nSPS) is 19.2. The molecule has 1 aliphatic heterocycles. The highest BCUT2D eigenvalue weighted by atomic mass is 32.2. The number of methoxy groups -OCH3 is 2. The summed E-state index contributed by atoms with van der Waals surface area (Å²) in [5, 5.41) is 2.82. The Kier molecular flexibility index (Phi) is 7.24. The number of ether oxygens (including phenoxy) is 4. The maximum Gasteiger partial charge on any atom is 0.350 e. The Morgan fingerprint density at radius 1 is 1.33 bits per heavy atom. The average molecular weight is 481 g/mol. The SMILES string of the molecule is COCCOC(Nc1ccn(C2COC(COC)S2)c(=O)n1)n1cnc2c(=O)[nH]c(N)nc21. The Hall–Kier alpha value is -2.98. The molecular formula is C18H24N8O6S. The van der Waals surface area contributed by atoms with Crippen LogP contribution in [0.2, 0.25) is 0 Å². The van der Waals surface area contributed by atoms with Gasteiger partial charge in [0, 0.05) is 20.4 Å². The van der Waals surface area contributed by atoms with Gasteiger partial charge in [0.25, 0.3) is 5.56 Å². The van der Waals surface area contributed by atoms with Crippen molar-refractivity contribution in [2.24, 2.45) is 0 Å². The zero-order valence-corrected chi connectivity index (χ0v) is 18.8. The summed E-state index contributed by atoms with van der Waals surface area (Å²) >= 11 is 1.49. The van der Waals surface area contributed by atoms with Crippen molar-refractivity contribution in [2.75, 3.05) is 51.7 Å². The molecule has 14 nitrogen and oxygen atoms in total. The fourth-order valence-electron chi connectivity index (χ4n) is 3.20. The highest BCUT2D eigenvalue weighted by molar-refractivity contribution is 8.00. The summed E-state index contributed by atoms with van der Waals surface area (Å²) in [6.45, 7) is 1.33. The largest absolute Gasteiger partial charge is 0.382 e. The number of nitrogens with two attached hydrogens (primary N) is 1. The number of anilines is 2. The van der Waals surface area contributed by atoms with Crippen LogP contribution >= 0.6 is 11.8 Å². The van der Waals surface area contributed by atoms with Gasteiger partial charge in [0.15, 0.2) is 11.2 Å². The summed E-state index contributed by atoms with van der Waals surface area (Å²) in [7, 11) is 3.14. The second-order valence-corrected chi connectivity index (χ2v) is 8.29. The minimum absolute atomic E-state index is 0.0614. The first kappa shape index (κ1) is 23.2. The lowest BCUT2D eigenvalue weighted by Gasteiger charge is -2.21. The van der Waals surface area contributed by atoms with Gasteiger partial charge in [-0.1, -0.05) is 0 Å². The summed E-state index contributed by atoms with van der Waals surface area (Å²) in [5.41, 5.74) is 4.93. The van der Waals surface area contributed by atoms with Crippen molar-refractivity contribution in [1.29, 1.82) is 0 Å². The van der Waals surface area contributed by atoms with Crippen LogP contribution in [0.25, 0.3) is 11.2 Å². The number of imidazole rings is 1. The number of hydrogen-bond donors (Lipinski definition) is 3. The molecule has 3 unspecified atom stereocenters. The van der Waals surface area contributed by atoms with Crippen LogP contribution in [0.5, 0.6) is 0 Å². The van der Waals surface area contributed by atoms with Gasteiger partial charge in [-0.25, -0.2) is 9.78 Å². The molecular weight excluding hydrogens is 456 g/mol. The van der Waals surface area contributed by atoms with Gasteiger partial charge in [-0.15, -0.1) is 11.8 Å². The van der Waals surface area contributed by atoms with Gasteiger partial charge >= 0.3 is 5.69 Å². The van der Waals surface area contributed by atoms with Crippen molar-refractivity contribution in [3.05, 3.63) is 39.4 Å². The first-order valence-electron chi connectivity index (χ1n) is 9.94. The molecule has 0 bridgehead atoms. The van der Waals surface area contributed by atoms with E-state index in [0.29, 0.717) is 19.8 Å². The molecule has 0 saturated carbocycles. The smallest absolute Gasteiger partial charge is 0.350 e. The van der Waals surface area contributed by atoms with Crippen molar-refractivity contribution in [2.45, 2.75) is 17.2 Å². The van der Waals surface area contributed by atoms with Crippen LogP contribution in [0.3, 0.4) is 0 Å². The molecule has 0 amide bonds. The highest BCUT2D eigenvalue weighted by Gasteiger charge is 2.28. The van der Waals surface area contributed by atoms with Crippen LogP contribution < -0.4 is 22.3 Å². The summed E-state index contributed by atoms with van der Waals surface area (Å²) in [6.07, 6.45) is 2.13. The van der Waals surface area contributed by atoms with Gasteiger partial charge in [-0.05, 0) is 6.07 Å². The molecule has 4 heterocycles. The number of hydrogen-bond acceptors (Lipinski definition) is 12. The molecule has 0 radical (unpaired) electrons. The molecule has 0 spiro atoms. The van der Waals surface area contributed by atoms with Crippen LogP contribution in [-0.2, 0) is 18.9 Å². The third-order valence-electron chi connectivity index (χ3n) is 4.71. The van der Waals surface area contributed by atoms with Gasteiger partial charge in [-0.3, -0.25) is 18.9 Å². The average Bonchev–Trinajstić information content (AvgIpc) is 3.41. The quantitative estimate of drug-likeness (QED) is 0.256. The van der Waals surface area contributed by atoms with Crippen LogP contribution in [0.4, 0.5) is 11.8 Å². The molecule has 15 heteroatoms. The molecule has 3 aromatic rings. The standard InChI is InChI=1S/C18H24N8O6S/c1-29-5-6-31-18(26-9-20-13-14(26)23-16(19)24-15(13)27)22-10-3-4-25(17(28)21-10)11-7-32-12(33-11)8-30-2/h3-4,9,11-12,18H,5-8H2,1-2H3,(H,21,22,28)(H3,19,23,24,27). The molecule has 4 rings (SSSR count). The van der Waals surface area contributed by atoms with Gasteiger partial charge < -0.3 is 30.0 Å². The van der Waals surface area contributed by atoms with Gasteiger partial charge in [0.05, 0.1) is 26.4 Å². The molecule has 3 atom stereocenters. The monoisotopic (exact) mass is 480 g/mol. The fraction of sp³-hybridized carbons (Fsp3) is 0.500. The summed E-state index contributed by atoms with van der Waals surface area (Å²) in [5.74, 6) is 0.198. The van der Waals surface area contributed by atoms with Gasteiger partial charge in [0.2, 0.25) is 12.3 Å². The van der Waals surface area contributed by atoms with E-state index < -0.39 is 17.6 Å². The molecule has 178 valence electrons. The Morgan fingerprint density at radius 2 is 2.18 bits per heavy atom. The van der Waals surface area contributed by atoms with E-state index in [1.807, 2.05) is 0 Å². The zero-order valence-electron chi connectivity index (χ0n) is 18.0. The Morgan fingerprint density at radius 3 is 2.94 bits per heavy atom. The van der Waals surface area contributed by atoms with E-state index in [4.69, 9.17) is 24.7 Å². The van der Waals surface area contributed by atoms with Crippen molar-refractivity contribution in [3.8, 4) is 0 Å². The number of thioether (sulfide) groups is 1. The number of fused-ring (bicyclic) bond motifs is 1. The van der Waals surface area contributed by atoms with Crippen molar-refractivity contribution in [1.82, 2.24) is 29.1 Å². The maximum atomic E-state index is 12.7. The van der Waals surface area contributed by atoms with E-state index in [-0.39, 0.29) is 40.3 Å². The lowest BCUT2D eigenvalue weighted by molar-refractivity contribution is -0.00423. The lowest BCUT2D eigenvalue weighted by atomic mass is 10.5. The second-order valence-electron chi connectivity index (χ2n) is 6.95. The minimum atomic E-state index is -0.892. The van der Waals surface area contributed by atoms with E-state index in [0.717, 1.165) is 0 Å². The van der Waals surface area contributed by atoms with Crippen molar-refractivity contribution < 1.29 is 18.9 Å². The third kappa shape index (κ3) is 5.17. The molecule has 0 aliphatic carbocycles. The minimum Gasteiger partial charge on any atom is -0.382 e. The summed E-state index contributed by atoms with van der Waals surface area (Å²) in [4.78, 5) is 39.6. The number of nitrogens with zero attached hydrogens (tertiary/aromatic N) is 5. The number of H-pyrrole nitrogens is 1. The predicted molar refractivity (Wildman–Crippen MR) is 120 cm³/mol. The third-order valence-corrected chi connectivity index (χ3v) is 5.97. The van der Waals surface area contributed by atoms with E-state index in [1.54, 1.807) is 26.5 Å². The van der Waals surface area contributed by atoms with Crippen LogP contribution in [-0.4, -0.2) is 75.2 Å². The van der Waals surface area contributed by atoms with E-state index in [9.17, 15) is 9.59 Å². The maximum absolute atomic E-state index is 12.7. The number of aromatic nitrogens is 6. The summed E-state index contributed by atoms with van der Waals surface area (Å²) < 4.78 is 24.6. The number of aromatic amines is 1. The van der Waals surface area contributed by atoms with Gasteiger partial charge in [0.1, 0.15) is 23.0 Å². The topological polar surface area (TPSA) is 173 Å². The predicted octanol–water partition coefficient (Wildman–Crippen LogP) is -0.276.